The van der Waals surface area contributed by atoms with Gasteiger partial charge in [0.15, 0.2) is 0 Å². The van der Waals surface area contributed by atoms with E-state index in [9.17, 15) is 13.2 Å². The molecule has 2 heterocycles. The zero-order valence-electron chi connectivity index (χ0n) is 12.1. The zero-order valence-corrected chi connectivity index (χ0v) is 15.1. The molecule has 0 saturated heterocycles. The summed E-state index contributed by atoms with van der Waals surface area (Å²) in [6, 6.07) is 3.24. The van der Waals surface area contributed by atoms with Crippen molar-refractivity contribution >= 4 is 46.0 Å². The van der Waals surface area contributed by atoms with Gasteiger partial charge in [-0.05, 0) is 57.7 Å². The van der Waals surface area contributed by atoms with Crippen LogP contribution >= 0.6 is 34.4 Å². The fraction of sp³-hybridized carbons (Fsp3) is 0.250. The van der Waals surface area contributed by atoms with Crippen molar-refractivity contribution in [2.24, 2.45) is 0 Å². The highest BCUT2D eigenvalue weighted by molar-refractivity contribution is 14.1. The van der Waals surface area contributed by atoms with Crippen LogP contribution in [0.2, 0.25) is 0 Å². The minimum Gasteiger partial charge on any atom is -0.256 e. The second-order valence-electron chi connectivity index (χ2n) is 5.05. The van der Waals surface area contributed by atoms with Crippen LogP contribution in [0.3, 0.4) is 0 Å². The Bertz CT molecular complexity index is 787. The molecule has 23 heavy (non-hydrogen) atoms. The van der Waals surface area contributed by atoms with Gasteiger partial charge in [0, 0.05) is 27.3 Å². The van der Waals surface area contributed by atoms with Gasteiger partial charge < -0.3 is 0 Å². The molecule has 0 fully saturated rings. The van der Waals surface area contributed by atoms with Crippen molar-refractivity contribution in [2.75, 3.05) is 5.75 Å². The lowest BCUT2D eigenvalue weighted by atomic mass is 10.1. The van der Waals surface area contributed by atoms with Crippen molar-refractivity contribution in [3.8, 4) is 0 Å². The topological polar surface area (TPSA) is 25.8 Å². The van der Waals surface area contributed by atoms with Crippen molar-refractivity contribution in [3.05, 3.63) is 50.6 Å². The normalized spacial score (nSPS) is 13.9. The van der Waals surface area contributed by atoms with Crippen molar-refractivity contribution in [2.45, 2.75) is 24.4 Å². The molecule has 0 bridgehead atoms. The van der Waals surface area contributed by atoms with Crippen LogP contribution in [0.5, 0.6) is 0 Å². The lowest BCUT2D eigenvalue weighted by molar-refractivity contribution is -0.137. The highest BCUT2D eigenvalue weighted by atomic mass is 127. The summed E-state index contributed by atoms with van der Waals surface area (Å²) in [7, 11) is 0. The number of alkyl halides is 3. The Morgan fingerprint density at radius 1 is 1.22 bits per heavy atom. The monoisotopic (exact) mass is 448 g/mol. The summed E-state index contributed by atoms with van der Waals surface area (Å²) < 4.78 is 39.5. The molecule has 2 nitrogen and oxygen atoms in total. The van der Waals surface area contributed by atoms with Crippen LogP contribution in [-0.4, -0.2) is 15.7 Å². The molecule has 0 aromatic carbocycles. The SMILES string of the molecule is CCSc1cc(I)cnc1C1=Cc2ncc(C(F)(F)F)cc2C1. The van der Waals surface area contributed by atoms with Crippen LogP contribution in [0.25, 0.3) is 11.6 Å². The van der Waals surface area contributed by atoms with Crippen LogP contribution in [0.1, 0.15) is 29.4 Å². The summed E-state index contributed by atoms with van der Waals surface area (Å²) >= 11 is 3.89. The second-order valence-corrected chi connectivity index (χ2v) is 7.60. The van der Waals surface area contributed by atoms with E-state index in [2.05, 4.69) is 45.5 Å². The molecule has 1 aliphatic rings. The fourth-order valence-corrected chi connectivity index (χ4v) is 3.95. The van der Waals surface area contributed by atoms with E-state index in [0.717, 1.165) is 31.7 Å². The first-order valence-electron chi connectivity index (χ1n) is 6.94. The predicted octanol–water partition coefficient (Wildman–Crippen LogP) is 5.31. The molecule has 2 aromatic heterocycles. The molecule has 0 N–H and O–H groups in total. The number of allylic oxidation sites excluding steroid dienone is 1. The van der Waals surface area contributed by atoms with Crippen LogP contribution < -0.4 is 0 Å². The lowest BCUT2D eigenvalue weighted by Crippen LogP contribution is -2.06. The van der Waals surface area contributed by atoms with Gasteiger partial charge in [0.05, 0.1) is 17.0 Å². The summed E-state index contributed by atoms with van der Waals surface area (Å²) in [6.45, 7) is 2.06. The average Bonchev–Trinajstić information content (AvgIpc) is 2.89. The van der Waals surface area contributed by atoms with Gasteiger partial charge in [0.1, 0.15) is 0 Å². The van der Waals surface area contributed by atoms with E-state index >= 15 is 0 Å². The Morgan fingerprint density at radius 3 is 2.70 bits per heavy atom. The fourth-order valence-electron chi connectivity index (χ4n) is 2.45. The molecule has 1 aliphatic carbocycles. The molecule has 3 rings (SSSR count). The molecule has 0 saturated carbocycles. The number of pyridine rings is 2. The maximum atomic E-state index is 12.8. The first kappa shape index (κ1) is 16.8. The van der Waals surface area contributed by atoms with Crippen LogP contribution in [0, 0.1) is 3.57 Å². The second kappa shape index (κ2) is 6.43. The van der Waals surface area contributed by atoms with Gasteiger partial charge in [-0.3, -0.25) is 9.97 Å². The van der Waals surface area contributed by atoms with Gasteiger partial charge in [-0.1, -0.05) is 6.92 Å². The minimum absolute atomic E-state index is 0.428. The van der Waals surface area contributed by atoms with E-state index < -0.39 is 11.7 Å². The van der Waals surface area contributed by atoms with Crippen LogP contribution in [-0.2, 0) is 12.6 Å². The number of thioether (sulfide) groups is 1. The summed E-state index contributed by atoms with van der Waals surface area (Å²) in [6.07, 6.45) is 0.561. The third kappa shape index (κ3) is 3.55. The highest BCUT2D eigenvalue weighted by Crippen LogP contribution is 2.37. The number of rotatable bonds is 3. The van der Waals surface area contributed by atoms with Gasteiger partial charge in [-0.2, -0.15) is 13.2 Å². The molecular weight excluding hydrogens is 436 g/mol. The number of hydrogen-bond donors (Lipinski definition) is 0. The molecule has 0 amide bonds. The molecule has 0 atom stereocenters. The summed E-state index contributed by atoms with van der Waals surface area (Å²) in [5, 5.41) is 0. The van der Waals surface area contributed by atoms with Gasteiger partial charge in [0.2, 0.25) is 0 Å². The predicted molar refractivity (Wildman–Crippen MR) is 94.2 cm³/mol. The third-order valence-corrected chi connectivity index (χ3v) is 4.94. The zero-order chi connectivity index (χ0) is 16.6. The first-order chi connectivity index (χ1) is 10.9. The smallest absolute Gasteiger partial charge is 0.256 e. The summed E-state index contributed by atoms with van der Waals surface area (Å²) in [5.74, 6) is 0.908. The molecule has 0 radical (unpaired) electrons. The maximum Gasteiger partial charge on any atom is 0.417 e. The van der Waals surface area contributed by atoms with E-state index in [1.165, 1.54) is 6.07 Å². The molecular formula is C16H12F3IN2S. The third-order valence-electron chi connectivity index (χ3n) is 3.44. The lowest BCUT2D eigenvalue weighted by Gasteiger charge is -2.09. The quantitative estimate of drug-likeness (QED) is 0.471. The highest BCUT2D eigenvalue weighted by Gasteiger charge is 2.32. The number of nitrogens with zero attached hydrogens (tertiary/aromatic N) is 2. The van der Waals surface area contributed by atoms with Crippen molar-refractivity contribution < 1.29 is 13.2 Å². The largest absolute Gasteiger partial charge is 0.417 e. The Morgan fingerprint density at radius 2 is 2.00 bits per heavy atom. The number of fused-ring (bicyclic) bond motifs is 1. The van der Waals surface area contributed by atoms with E-state index in [0.29, 0.717) is 17.7 Å². The van der Waals surface area contributed by atoms with Crippen molar-refractivity contribution in [1.29, 1.82) is 0 Å². The molecule has 0 unspecified atom stereocenters. The Kier molecular flexibility index (Phi) is 4.68. The number of aromatic nitrogens is 2. The first-order valence-corrected chi connectivity index (χ1v) is 9.00. The van der Waals surface area contributed by atoms with Gasteiger partial charge in [-0.15, -0.1) is 11.8 Å². The summed E-state index contributed by atoms with van der Waals surface area (Å²) in [4.78, 5) is 9.50. The number of hydrogen-bond acceptors (Lipinski definition) is 3. The van der Waals surface area contributed by atoms with E-state index in [1.54, 1.807) is 18.0 Å². The van der Waals surface area contributed by atoms with E-state index in [1.807, 2.05) is 6.08 Å². The molecule has 0 aliphatic heterocycles. The molecule has 0 spiro atoms. The van der Waals surface area contributed by atoms with Gasteiger partial charge in [0.25, 0.3) is 0 Å². The average molecular weight is 448 g/mol. The van der Waals surface area contributed by atoms with E-state index in [4.69, 9.17) is 0 Å². The van der Waals surface area contributed by atoms with Gasteiger partial charge >= 0.3 is 6.18 Å². The standard InChI is InChI=1S/C16H12F3IN2S/c1-2-23-14-6-12(20)8-22-15(14)10-3-9-4-11(16(17,18)19)7-21-13(9)5-10/h4-8H,2-3H2,1H3. The Balaban J connectivity index is 1.96. The molecule has 120 valence electrons. The molecule has 2 aromatic rings. The van der Waals surface area contributed by atoms with Crippen molar-refractivity contribution in [1.82, 2.24) is 9.97 Å². The van der Waals surface area contributed by atoms with Crippen LogP contribution in [0.15, 0.2) is 29.4 Å². The van der Waals surface area contributed by atoms with Crippen LogP contribution in [0.4, 0.5) is 13.2 Å². The minimum atomic E-state index is -4.37. The van der Waals surface area contributed by atoms with E-state index in [-0.39, 0.29) is 0 Å². The van der Waals surface area contributed by atoms with Gasteiger partial charge in [-0.25, -0.2) is 0 Å². The number of halogens is 4. The Labute approximate surface area is 149 Å². The molecule has 7 heteroatoms. The summed E-state index contributed by atoms with van der Waals surface area (Å²) in [5.41, 5.74) is 2.25. The maximum absolute atomic E-state index is 12.8. The van der Waals surface area contributed by atoms with Crippen molar-refractivity contribution in [3.63, 3.8) is 0 Å². The Hall–Kier alpha value is -1.09.